The number of aromatic nitrogens is 1. The number of amides is 1. The quantitative estimate of drug-likeness (QED) is 0.600. The van der Waals surface area contributed by atoms with Crippen LogP contribution in [0.3, 0.4) is 0 Å². The summed E-state index contributed by atoms with van der Waals surface area (Å²) in [5, 5.41) is 0.507. The maximum Gasteiger partial charge on any atom is 0.260 e. The molecular weight excluding hydrogens is 395 g/mol. The number of benzene rings is 2. The van der Waals surface area contributed by atoms with E-state index < -0.39 is 0 Å². The van der Waals surface area contributed by atoms with Crippen molar-refractivity contribution in [3.05, 3.63) is 47.8 Å². The van der Waals surface area contributed by atoms with Gasteiger partial charge >= 0.3 is 0 Å². The van der Waals surface area contributed by atoms with Gasteiger partial charge in [-0.15, -0.1) is 0 Å². The first-order chi connectivity index (χ1) is 14.1. The molecule has 0 aliphatic carbocycles. The SMILES string of the molecule is COc1cc(OC)cc(C(=O)N(CC2CCCO2)c2nc3ccc(F)cc3s2)c1. The summed E-state index contributed by atoms with van der Waals surface area (Å²) in [4.78, 5) is 19.6. The summed E-state index contributed by atoms with van der Waals surface area (Å²) >= 11 is 1.28. The van der Waals surface area contributed by atoms with Crippen LogP contribution in [0.5, 0.6) is 11.5 Å². The van der Waals surface area contributed by atoms with E-state index in [1.54, 1.807) is 29.2 Å². The molecule has 0 saturated carbocycles. The molecule has 1 amide bonds. The van der Waals surface area contributed by atoms with Crippen LogP contribution in [0.4, 0.5) is 9.52 Å². The van der Waals surface area contributed by atoms with Crippen molar-refractivity contribution in [1.29, 1.82) is 0 Å². The van der Waals surface area contributed by atoms with Gasteiger partial charge in [-0.2, -0.15) is 0 Å². The Morgan fingerprint density at radius 1 is 1.24 bits per heavy atom. The van der Waals surface area contributed by atoms with Gasteiger partial charge in [0.25, 0.3) is 5.91 Å². The molecule has 6 nitrogen and oxygen atoms in total. The van der Waals surface area contributed by atoms with E-state index in [-0.39, 0.29) is 17.8 Å². The van der Waals surface area contributed by atoms with Crippen molar-refractivity contribution in [2.24, 2.45) is 0 Å². The minimum absolute atomic E-state index is 0.0600. The maximum atomic E-state index is 13.6. The number of hydrogen-bond donors (Lipinski definition) is 0. The number of halogens is 1. The molecule has 29 heavy (non-hydrogen) atoms. The van der Waals surface area contributed by atoms with Crippen molar-refractivity contribution in [2.75, 3.05) is 32.3 Å². The highest BCUT2D eigenvalue weighted by Crippen LogP contribution is 2.32. The van der Waals surface area contributed by atoms with Crippen molar-refractivity contribution in [3.63, 3.8) is 0 Å². The van der Waals surface area contributed by atoms with Crippen LogP contribution in [-0.2, 0) is 4.74 Å². The lowest BCUT2D eigenvalue weighted by Crippen LogP contribution is -2.37. The van der Waals surface area contributed by atoms with E-state index in [9.17, 15) is 9.18 Å². The Labute approximate surface area is 171 Å². The van der Waals surface area contributed by atoms with Crippen molar-refractivity contribution >= 4 is 32.6 Å². The third-order valence-corrected chi connectivity index (χ3v) is 5.86. The molecular formula is C21H21FN2O4S. The zero-order valence-electron chi connectivity index (χ0n) is 16.2. The molecule has 0 bridgehead atoms. The van der Waals surface area contributed by atoms with Gasteiger partial charge in [0, 0.05) is 18.2 Å². The summed E-state index contributed by atoms with van der Waals surface area (Å²) in [7, 11) is 3.07. The van der Waals surface area contributed by atoms with Crippen molar-refractivity contribution in [2.45, 2.75) is 18.9 Å². The van der Waals surface area contributed by atoms with E-state index in [4.69, 9.17) is 14.2 Å². The second-order valence-corrected chi connectivity index (χ2v) is 7.77. The van der Waals surface area contributed by atoms with Gasteiger partial charge < -0.3 is 14.2 Å². The van der Waals surface area contributed by atoms with Gasteiger partial charge in [0.1, 0.15) is 17.3 Å². The molecule has 0 radical (unpaired) electrons. The Morgan fingerprint density at radius 3 is 2.66 bits per heavy atom. The summed E-state index contributed by atoms with van der Waals surface area (Å²) in [5.41, 5.74) is 1.07. The molecule has 1 unspecified atom stereocenters. The number of fused-ring (bicyclic) bond motifs is 1. The smallest absolute Gasteiger partial charge is 0.260 e. The van der Waals surface area contributed by atoms with E-state index in [0.29, 0.717) is 45.6 Å². The monoisotopic (exact) mass is 416 g/mol. The summed E-state index contributed by atoms with van der Waals surface area (Å²) in [5.74, 6) is 0.478. The van der Waals surface area contributed by atoms with Crippen LogP contribution >= 0.6 is 11.3 Å². The lowest BCUT2D eigenvalue weighted by atomic mass is 10.1. The van der Waals surface area contributed by atoms with Gasteiger partial charge in [0.2, 0.25) is 0 Å². The van der Waals surface area contributed by atoms with Crippen molar-refractivity contribution in [3.8, 4) is 11.5 Å². The Bertz CT molecular complexity index is 1010. The molecule has 8 heteroatoms. The zero-order chi connectivity index (χ0) is 20.4. The molecule has 152 valence electrons. The van der Waals surface area contributed by atoms with E-state index in [1.165, 1.54) is 37.7 Å². The first-order valence-corrected chi connectivity index (χ1v) is 10.1. The maximum absolute atomic E-state index is 13.6. The second kappa shape index (κ2) is 8.34. The van der Waals surface area contributed by atoms with Gasteiger partial charge in [-0.05, 0) is 43.2 Å². The van der Waals surface area contributed by atoms with E-state index in [2.05, 4.69) is 4.98 Å². The fourth-order valence-electron chi connectivity index (χ4n) is 3.33. The molecule has 1 aliphatic heterocycles. The van der Waals surface area contributed by atoms with Crippen LogP contribution in [0.15, 0.2) is 36.4 Å². The summed E-state index contributed by atoms with van der Waals surface area (Å²) < 4.78 is 30.6. The molecule has 1 aliphatic rings. The van der Waals surface area contributed by atoms with Crippen molar-refractivity contribution < 1.29 is 23.4 Å². The third-order valence-electron chi connectivity index (χ3n) is 4.82. The summed E-state index contributed by atoms with van der Waals surface area (Å²) in [6.45, 7) is 1.06. The van der Waals surface area contributed by atoms with Crippen LogP contribution in [0, 0.1) is 5.82 Å². The fourth-order valence-corrected chi connectivity index (χ4v) is 4.33. The van der Waals surface area contributed by atoms with Crippen LogP contribution in [0.25, 0.3) is 10.2 Å². The fraction of sp³-hybridized carbons (Fsp3) is 0.333. The molecule has 1 fully saturated rings. The number of carbonyl (C=O) groups is 1. The molecule has 0 spiro atoms. The normalized spacial score (nSPS) is 16.2. The molecule has 1 atom stereocenters. The predicted octanol–water partition coefficient (Wildman–Crippen LogP) is 4.28. The number of hydrogen-bond acceptors (Lipinski definition) is 6. The summed E-state index contributed by atoms with van der Waals surface area (Å²) in [6.07, 6.45) is 1.78. The molecule has 2 heterocycles. The standard InChI is InChI=1S/C21H21FN2O4S/c1-26-16-8-13(9-17(11-16)27-2)20(25)24(12-15-4-3-7-28-15)21-23-18-6-5-14(22)10-19(18)29-21/h5-6,8-11,15H,3-4,7,12H2,1-2H3. The van der Waals surface area contributed by atoms with Gasteiger partial charge in [-0.3, -0.25) is 9.69 Å². The third kappa shape index (κ3) is 4.18. The Morgan fingerprint density at radius 2 is 2.00 bits per heavy atom. The Hall–Kier alpha value is -2.71. The molecule has 1 saturated heterocycles. The first kappa shape index (κ1) is 19.6. The molecule has 2 aromatic carbocycles. The number of rotatable bonds is 6. The van der Waals surface area contributed by atoms with Gasteiger partial charge in [0.05, 0.1) is 37.1 Å². The highest BCUT2D eigenvalue weighted by molar-refractivity contribution is 7.22. The van der Waals surface area contributed by atoms with Crippen LogP contribution in [-0.4, -0.2) is 44.4 Å². The first-order valence-electron chi connectivity index (χ1n) is 9.30. The molecule has 4 rings (SSSR count). The second-order valence-electron chi connectivity index (χ2n) is 6.76. The lowest BCUT2D eigenvalue weighted by molar-refractivity contribution is 0.0917. The minimum Gasteiger partial charge on any atom is -0.497 e. The topological polar surface area (TPSA) is 60.9 Å². The molecule has 0 N–H and O–H groups in total. The highest BCUT2D eigenvalue weighted by Gasteiger charge is 2.27. The van der Waals surface area contributed by atoms with Gasteiger partial charge in [-0.25, -0.2) is 9.37 Å². The minimum atomic E-state index is -0.331. The average molecular weight is 416 g/mol. The highest BCUT2D eigenvalue weighted by atomic mass is 32.1. The average Bonchev–Trinajstić information content (AvgIpc) is 3.40. The number of carbonyl (C=O) groups excluding carboxylic acids is 1. The summed E-state index contributed by atoms with van der Waals surface area (Å²) in [6, 6.07) is 9.46. The predicted molar refractivity (Wildman–Crippen MR) is 110 cm³/mol. The largest absolute Gasteiger partial charge is 0.497 e. The number of nitrogens with zero attached hydrogens (tertiary/aromatic N) is 2. The van der Waals surface area contributed by atoms with Crippen molar-refractivity contribution in [1.82, 2.24) is 4.98 Å². The van der Waals surface area contributed by atoms with Gasteiger partial charge in [0.15, 0.2) is 5.13 Å². The molecule has 3 aromatic rings. The number of anilines is 1. The molecule has 1 aromatic heterocycles. The number of thiazole rings is 1. The van der Waals surface area contributed by atoms with E-state index in [1.807, 2.05) is 0 Å². The number of ether oxygens (including phenoxy) is 3. The Kier molecular flexibility index (Phi) is 5.64. The van der Waals surface area contributed by atoms with Gasteiger partial charge in [-0.1, -0.05) is 11.3 Å². The zero-order valence-corrected chi connectivity index (χ0v) is 17.0. The number of methoxy groups -OCH3 is 2. The Balaban J connectivity index is 1.74. The van der Waals surface area contributed by atoms with E-state index in [0.717, 1.165) is 12.8 Å². The van der Waals surface area contributed by atoms with Crippen LogP contribution in [0.2, 0.25) is 0 Å². The lowest BCUT2D eigenvalue weighted by Gasteiger charge is -2.23. The van der Waals surface area contributed by atoms with E-state index >= 15 is 0 Å². The van der Waals surface area contributed by atoms with Crippen LogP contribution in [0.1, 0.15) is 23.2 Å². The van der Waals surface area contributed by atoms with Crippen LogP contribution < -0.4 is 14.4 Å².